The molecule has 0 atom stereocenters. The number of rotatable bonds is 4. The molecule has 3 aromatic rings. The molecule has 5 heteroatoms. The van der Waals surface area contributed by atoms with E-state index in [0.29, 0.717) is 22.4 Å². The van der Waals surface area contributed by atoms with E-state index in [1.165, 1.54) is 0 Å². The Hall–Kier alpha value is -2.36. The zero-order valence-electron chi connectivity index (χ0n) is 12.7. The number of amides is 1. The van der Waals surface area contributed by atoms with Gasteiger partial charge in [0, 0.05) is 6.20 Å². The standard InChI is InChI=1S/C19H14Cl2N2O/c20-15-9-6-10-16(21)18(15)19(24)23(17-11-4-5-12-22-17)13-14-7-2-1-3-8-14/h1-12H,13H2. The van der Waals surface area contributed by atoms with Crippen LogP contribution in [0.15, 0.2) is 72.9 Å². The number of carbonyl (C=O) groups excluding carboxylic acids is 1. The Morgan fingerprint density at radius 2 is 1.54 bits per heavy atom. The van der Waals surface area contributed by atoms with Crippen LogP contribution in [0.3, 0.4) is 0 Å². The van der Waals surface area contributed by atoms with Crippen LogP contribution in [-0.4, -0.2) is 10.9 Å². The summed E-state index contributed by atoms with van der Waals surface area (Å²) in [6, 6.07) is 20.1. The van der Waals surface area contributed by atoms with E-state index < -0.39 is 0 Å². The first-order valence-electron chi connectivity index (χ1n) is 7.37. The summed E-state index contributed by atoms with van der Waals surface area (Å²) in [6.45, 7) is 0.373. The molecule has 0 saturated carbocycles. The zero-order chi connectivity index (χ0) is 16.9. The second kappa shape index (κ2) is 7.47. The smallest absolute Gasteiger partial charge is 0.262 e. The summed E-state index contributed by atoms with van der Waals surface area (Å²) >= 11 is 12.4. The molecule has 0 N–H and O–H groups in total. The number of anilines is 1. The second-order valence-electron chi connectivity index (χ2n) is 5.16. The van der Waals surface area contributed by atoms with Crippen molar-refractivity contribution in [2.45, 2.75) is 6.54 Å². The summed E-state index contributed by atoms with van der Waals surface area (Å²) in [5.41, 5.74) is 1.27. The first-order valence-corrected chi connectivity index (χ1v) is 8.13. The molecule has 0 bridgehead atoms. The van der Waals surface area contributed by atoms with Crippen molar-refractivity contribution in [1.29, 1.82) is 0 Å². The van der Waals surface area contributed by atoms with Gasteiger partial charge in [0.2, 0.25) is 0 Å². The van der Waals surface area contributed by atoms with E-state index in [-0.39, 0.29) is 11.5 Å². The van der Waals surface area contributed by atoms with Gasteiger partial charge in [-0.2, -0.15) is 0 Å². The number of benzene rings is 2. The predicted octanol–water partition coefficient (Wildman–Crippen LogP) is 5.24. The maximum absolute atomic E-state index is 13.1. The molecule has 1 heterocycles. The lowest BCUT2D eigenvalue weighted by Crippen LogP contribution is -2.31. The third-order valence-electron chi connectivity index (χ3n) is 3.53. The largest absolute Gasteiger partial charge is 0.288 e. The van der Waals surface area contributed by atoms with Crippen LogP contribution in [0.2, 0.25) is 10.0 Å². The molecule has 24 heavy (non-hydrogen) atoms. The van der Waals surface area contributed by atoms with Gasteiger partial charge >= 0.3 is 0 Å². The first kappa shape index (κ1) is 16.5. The quantitative estimate of drug-likeness (QED) is 0.640. The van der Waals surface area contributed by atoms with E-state index in [0.717, 1.165) is 5.56 Å². The van der Waals surface area contributed by atoms with Crippen molar-refractivity contribution in [3.05, 3.63) is 94.1 Å². The van der Waals surface area contributed by atoms with Crippen molar-refractivity contribution < 1.29 is 4.79 Å². The fourth-order valence-corrected chi connectivity index (χ4v) is 2.93. The van der Waals surface area contributed by atoms with Crippen molar-refractivity contribution >= 4 is 34.9 Å². The van der Waals surface area contributed by atoms with Gasteiger partial charge in [-0.1, -0.05) is 65.7 Å². The van der Waals surface area contributed by atoms with Crippen LogP contribution in [0.1, 0.15) is 15.9 Å². The fraction of sp³-hybridized carbons (Fsp3) is 0.0526. The Labute approximate surface area is 150 Å². The number of hydrogen-bond donors (Lipinski definition) is 0. The molecule has 0 radical (unpaired) electrons. The van der Waals surface area contributed by atoms with Gasteiger partial charge in [0.15, 0.2) is 0 Å². The van der Waals surface area contributed by atoms with Gasteiger partial charge in [0.25, 0.3) is 5.91 Å². The van der Waals surface area contributed by atoms with E-state index >= 15 is 0 Å². The summed E-state index contributed by atoms with van der Waals surface area (Å²) in [4.78, 5) is 19.0. The summed E-state index contributed by atoms with van der Waals surface area (Å²) in [5.74, 6) is 0.260. The van der Waals surface area contributed by atoms with Crippen LogP contribution in [0.25, 0.3) is 0 Å². The topological polar surface area (TPSA) is 33.2 Å². The molecule has 1 amide bonds. The lowest BCUT2D eigenvalue weighted by Gasteiger charge is -2.23. The summed E-state index contributed by atoms with van der Waals surface area (Å²) in [5, 5.41) is 0.642. The van der Waals surface area contributed by atoms with Gasteiger partial charge in [0.1, 0.15) is 5.82 Å². The SMILES string of the molecule is O=C(c1c(Cl)cccc1Cl)N(Cc1ccccc1)c1ccccn1. The molecule has 3 nitrogen and oxygen atoms in total. The van der Waals surface area contributed by atoms with Gasteiger partial charge in [0.05, 0.1) is 22.2 Å². The van der Waals surface area contributed by atoms with Crippen molar-refractivity contribution in [1.82, 2.24) is 4.98 Å². The van der Waals surface area contributed by atoms with Crippen molar-refractivity contribution in [2.75, 3.05) is 4.90 Å². The van der Waals surface area contributed by atoms with Gasteiger partial charge in [-0.05, 0) is 29.8 Å². The molecule has 0 fully saturated rings. The Kier molecular flexibility index (Phi) is 5.14. The van der Waals surface area contributed by atoms with Gasteiger partial charge in [-0.25, -0.2) is 4.98 Å². The summed E-state index contributed by atoms with van der Waals surface area (Å²) < 4.78 is 0. The van der Waals surface area contributed by atoms with Crippen molar-refractivity contribution in [3.63, 3.8) is 0 Å². The normalized spacial score (nSPS) is 10.4. The second-order valence-corrected chi connectivity index (χ2v) is 5.98. The van der Waals surface area contributed by atoms with Crippen LogP contribution in [0, 0.1) is 0 Å². The Bertz CT molecular complexity index is 818. The van der Waals surface area contributed by atoms with Crippen molar-refractivity contribution in [2.24, 2.45) is 0 Å². The molecular weight excluding hydrogens is 343 g/mol. The Morgan fingerprint density at radius 3 is 2.17 bits per heavy atom. The third-order valence-corrected chi connectivity index (χ3v) is 4.16. The Morgan fingerprint density at radius 1 is 0.875 bits per heavy atom. The van der Waals surface area contributed by atoms with Gasteiger partial charge < -0.3 is 0 Å². The average molecular weight is 357 g/mol. The molecule has 0 saturated heterocycles. The number of carbonyl (C=O) groups is 1. The van der Waals surface area contributed by atoms with E-state index in [1.54, 1.807) is 41.4 Å². The molecule has 1 aromatic heterocycles. The fourth-order valence-electron chi connectivity index (χ4n) is 2.37. The molecule has 0 unspecified atom stereocenters. The lowest BCUT2D eigenvalue weighted by molar-refractivity contribution is 0.0984. The van der Waals surface area contributed by atoms with E-state index in [9.17, 15) is 4.79 Å². The van der Waals surface area contributed by atoms with Crippen LogP contribution >= 0.6 is 23.2 Å². The van der Waals surface area contributed by atoms with Gasteiger partial charge in [-0.3, -0.25) is 9.69 Å². The highest BCUT2D eigenvalue weighted by Crippen LogP contribution is 2.28. The van der Waals surface area contributed by atoms with E-state index in [4.69, 9.17) is 23.2 Å². The number of nitrogens with zero attached hydrogens (tertiary/aromatic N) is 2. The lowest BCUT2D eigenvalue weighted by atomic mass is 10.1. The highest BCUT2D eigenvalue weighted by atomic mass is 35.5. The minimum Gasteiger partial charge on any atom is -0.288 e. The average Bonchev–Trinajstić information content (AvgIpc) is 2.61. The number of pyridine rings is 1. The third kappa shape index (κ3) is 3.58. The van der Waals surface area contributed by atoms with E-state index in [1.807, 2.05) is 36.4 Å². The minimum atomic E-state index is -0.284. The highest BCUT2D eigenvalue weighted by molar-refractivity contribution is 6.40. The molecule has 0 aliphatic carbocycles. The molecular formula is C19H14Cl2N2O. The zero-order valence-corrected chi connectivity index (χ0v) is 14.2. The Balaban J connectivity index is 2.03. The number of halogens is 2. The highest BCUT2D eigenvalue weighted by Gasteiger charge is 2.23. The molecule has 3 rings (SSSR count). The predicted molar refractivity (Wildman–Crippen MR) is 97.7 cm³/mol. The molecule has 0 aliphatic rings. The van der Waals surface area contributed by atoms with Crippen LogP contribution < -0.4 is 4.90 Å². The minimum absolute atomic E-state index is 0.280. The van der Waals surface area contributed by atoms with Crippen LogP contribution in [-0.2, 0) is 6.54 Å². The van der Waals surface area contributed by atoms with Crippen LogP contribution in [0.4, 0.5) is 5.82 Å². The molecule has 2 aromatic carbocycles. The maximum Gasteiger partial charge on any atom is 0.262 e. The van der Waals surface area contributed by atoms with Gasteiger partial charge in [-0.15, -0.1) is 0 Å². The number of hydrogen-bond acceptors (Lipinski definition) is 2. The summed E-state index contributed by atoms with van der Waals surface area (Å²) in [6.07, 6.45) is 1.65. The summed E-state index contributed by atoms with van der Waals surface area (Å²) in [7, 11) is 0. The maximum atomic E-state index is 13.1. The molecule has 0 spiro atoms. The van der Waals surface area contributed by atoms with Crippen LogP contribution in [0.5, 0.6) is 0 Å². The monoisotopic (exact) mass is 356 g/mol. The van der Waals surface area contributed by atoms with E-state index in [2.05, 4.69) is 4.98 Å². The molecule has 120 valence electrons. The number of aromatic nitrogens is 1. The first-order chi connectivity index (χ1) is 11.7. The van der Waals surface area contributed by atoms with Crippen molar-refractivity contribution in [3.8, 4) is 0 Å². The molecule has 0 aliphatic heterocycles.